The molecule has 0 saturated heterocycles. The van der Waals surface area contributed by atoms with Crippen LogP contribution in [0.4, 0.5) is 8.78 Å². The van der Waals surface area contributed by atoms with E-state index in [2.05, 4.69) is 0 Å². The second-order valence-electron chi connectivity index (χ2n) is 3.83. The van der Waals surface area contributed by atoms with E-state index in [0.717, 1.165) is 4.90 Å². The molecule has 1 aromatic rings. The summed E-state index contributed by atoms with van der Waals surface area (Å²) in [4.78, 5) is 12.9. The summed E-state index contributed by atoms with van der Waals surface area (Å²) in [5.74, 6) is -0.538. The third kappa shape index (κ3) is 3.92. The van der Waals surface area contributed by atoms with E-state index in [1.165, 1.54) is 6.07 Å². The second kappa shape index (κ2) is 6.66. The van der Waals surface area contributed by atoms with Crippen molar-refractivity contribution >= 4 is 17.5 Å². The number of alkyl halides is 2. The number of hydrogen-bond acceptors (Lipinski definition) is 2. The molecule has 18 heavy (non-hydrogen) atoms. The first-order chi connectivity index (χ1) is 8.45. The van der Waals surface area contributed by atoms with Gasteiger partial charge in [0, 0.05) is 17.1 Å². The highest BCUT2D eigenvalue weighted by Crippen LogP contribution is 2.17. The molecule has 0 aromatic heterocycles. The van der Waals surface area contributed by atoms with Gasteiger partial charge in [0.25, 0.3) is 12.3 Å². The number of carbonyl (C=O) groups is 1. The fourth-order valence-corrected chi connectivity index (χ4v) is 1.64. The standard InChI is InChI=1S/C12H14ClF2NO2/c1-8-6-9(2-3-10(8)13)12(18)16(4-5-17)7-11(14)15/h2-3,6,11,17H,4-5,7H2,1H3. The minimum absolute atomic E-state index is 0.120. The van der Waals surface area contributed by atoms with E-state index in [1.807, 2.05) is 0 Å². The maximum absolute atomic E-state index is 12.3. The van der Waals surface area contributed by atoms with Gasteiger partial charge in [-0.05, 0) is 30.7 Å². The fourth-order valence-electron chi connectivity index (χ4n) is 1.52. The van der Waals surface area contributed by atoms with E-state index >= 15 is 0 Å². The topological polar surface area (TPSA) is 40.5 Å². The first kappa shape index (κ1) is 14.9. The Hall–Kier alpha value is -1.20. The van der Waals surface area contributed by atoms with Crippen molar-refractivity contribution in [2.45, 2.75) is 13.3 Å². The van der Waals surface area contributed by atoms with Crippen molar-refractivity contribution in [2.24, 2.45) is 0 Å². The molecule has 0 spiro atoms. The molecule has 0 fully saturated rings. The van der Waals surface area contributed by atoms with E-state index in [4.69, 9.17) is 16.7 Å². The minimum atomic E-state index is -2.63. The van der Waals surface area contributed by atoms with Gasteiger partial charge in [-0.1, -0.05) is 11.6 Å². The molecular formula is C12H14ClF2NO2. The lowest BCUT2D eigenvalue weighted by molar-refractivity contribution is 0.0509. The number of benzene rings is 1. The zero-order chi connectivity index (χ0) is 13.7. The molecule has 1 amide bonds. The van der Waals surface area contributed by atoms with Gasteiger partial charge in [-0.3, -0.25) is 4.79 Å². The molecule has 6 heteroatoms. The minimum Gasteiger partial charge on any atom is -0.395 e. The predicted molar refractivity (Wildman–Crippen MR) is 65.2 cm³/mol. The molecule has 0 unspecified atom stereocenters. The van der Waals surface area contributed by atoms with Crippen molar-refractivity contribution in [3.05, 3.63) is 34.3 Å². The van der Waals surface area contributed by atoms with Gasteiger partial charge in [-0.2, -0.15) is 0 Å². The van der Waals surface area contributed by atoms with Crippen LogP contribution in [0.2, 0.25) is 5.02 Å². The Labute approximate surface area is 109 Å². The SMILES string of the molecule is Cc1cc(C(=O)N(CCO)CC(F)F)ccc1Cl. The number of aliphatic hydroxyl groups is 1. The summed E-state index contributed by atoms with van der Waals surface area (Å²) in [5.41, 5.74) is 0.981. The van der Waals surface area contributed by atoms with Gasteiger partial charge in [0.15, 0.2) is 0 Å². The van der Waals surface area contributed by atoms with Crippen LogP contribution in [0.5, 0.6) is 0 Å². The summed E-state index contributed by atoms with van der Waals surface area (Å²) in [5, 5.41) is 9.29. The number of amides is 1. The van der Waals surface area contributed by atoms with Gasteiger partial charge in [-0.25, -0.2) is 8.78 Å². The predicted octanol–water partition coefficient (Wildman–Crippen LogP) is 2.35. The number of rotatable bonds is 5. The van der Waals surface area contributed by atoms with Crippen molar-refractivity contribution in [3.63, 3.8) is 0 Å². The highest BCUT2D eigenvalue weighted by atomic mass is 35.5. The Balaban J connectivity index is 2.90. The van der Waals surface area contributed by atoms with E-state index in [1.54, 1.807) is 19.1 Å². The number of aryl methyl sites for hydroxylation is 1. The maximum Gasteiger partial charge on any atom is 0.255 e. The van der Waals surface area contributed by atoms with Crippen LogP contribution >= 0.6 is 11.6 Å². The highest BCUT2D eigenvalue weighted by Gasteiger charge is 2.19. The average Bonchev–Trinajstić information content (AvgIpc) is 2.31. The Morgan fingerprint density at radius 2 is 2.17 bits per heavy atom. The number of hydrogen-bond donors (Lipinski definition) is 1. The van der Waals surface area contributed by atoms with Crippen LogP contribution in [0, 0.1) is 6.92 Å². The maximum atomic E-state index is 12.3. The van der Waals surface area contributed by atoms with Crippen LogP contribution in [0.15, 0.2) is 18.2 Å². The molecule has 0 bridgehead atoms. The summed E-state index contributed by atoms with van der Waals surface area (Å²) in [6.45, 7) is 0.555. The van der Waals surface area contributed by atoms with Gasteiger partial charge >= 0.3 is 0 Å². The summed E-state index contributed by atoms with van der Waals surface area (Å²) in [6.07, 6.45) is -2.63. The van der Waals surface area contributed by atoms with Crippen LogP contribution in [0.3, 0.4) is 0 Å². The van der Waals surface area contributed by atoms with Crippen molar-refractivity contribution in [1.82, 2.24) is 4.90 Å². The normalized spacial score (nSPS) is 10.8. The molecule has 0 heterocycles. The van der Waals surface area contributed by atoms with Crippen molar-refractivity contribution in [2.75, 3.05) is 19.7 Å². The summed E-state index contributed by atoms with van der Waals surface area (Å²) >= 11 is 5.83. The number of nitrogens with zero attached hydrogens (tertiary/aromatic N) is 1. The van der Waals surface area contributed by atoms with Gasteiger partial charge < -0.3 is 10.0 Å². The summed E-state index contributed by atoms with van der Waals surface area (Å²) in [6, 6.07) is 4.57. The first-order valence-corrected chi connectivity index (χ1v) is 5.78. The van der Waals surface area contributed by atoms with Gasteiger partial charge in [0.05, 0.1) is 13.2 Å². The molecule has 0 aliphatic carbocycles. The van der Waals surface area contributed by atoms with Crippen LogP contribution in [0.25, 0.3) is 0 Å². The zero-order valence-corrected chi connectivity index (χ0v) is 10.6. The molecule has 0 aliphatic rings. The Morgan fingerprint density at radius 3 is 2.67 bits per heavy atom. The average molecular weight is 278 g/mol. The smallest absolute Gasteiger partial charge is 0.255 e. The summed E-state index contributed by atoms with van der Waals surface area (Å²) in [7, 11) is 0. The Bertz CT molecular complexity index is 427. The molecule has 1 aromatic carbocycles. The van der Waals surface area contributed by atoms with E-state index in [9.17, 15) is 13.6 Å². The first-order valence-electron chi connectivity index (χ1n) is 5.40. The molecule has 1 rings (SSSR count). The fraction of sp³-hybridized carbons (Fsp3) is 0.417. The Morgan fingerprint density at radius 1 is 1.50 bits per heavy atom. The molecule has 0 atom stereocenters. The molecular weight excluding hydrogens is 264 g/mol. The van der Waals surface area contributed by atoms with Crippen LogP contribution in [-0.2, 0) is 0 Å². The molecule has 100 valence electrons. The lowest BCUT2D eigenvalue weighted by Crippen LogP contribution is -2.37. The van der Waals surface area contributed by atoms with Crippen molar-refractivity contribution in [3.8, 4) is 0 Å². The van der Waals surface area contributed by atoms with E-state index < -0.39 is 18.9 Å². The van der Waals surface area contributed by atoms with E-state index in [0.29, 0.717) is 10.6 Å². The molecule has 1 N–H and O–H groups in total. The third-order valence-electron chi connectivity index (χ3n) is 2.42. The number of halogens is 3. The highest BCUT2D eigenvalue weighted by molar-refractivity contribution is 6.31. The van der Waals surface area contributed by atoms with Gasteiger partial charge in [-0.15, -0.1) is 0 Å². The monoisotopic (exact) mass is 277 g/mol. The Kier molecular flexibility index (Phi) is 5.50. The quantitative estimate of drug-likeness (QED) is 0.897. The largest absolute Gasteiger partial charge is 0.395 e. The number of aliphatic hydroxyl groups excluding tert-OH is 1. The van der Waals surface area contributed by atoms with Crippen LogP contribution < -0.4 is 0 Å². The lowest BCUT2D eigenvalue weighted by Gasteiger charge is -2.21. The number of carbonyl (C=O) groups excluding carboxylic acids is 1. The third-order valence-corrected chi connectivity index (χ3v) is 2.84. The van der Waals surface area contributed by atoms with E-state index in [-0.39, 0.29) is 18.7 Å². The van der Waals surface area contributed by atoms with Gasteiger partial charge in [0.1, 0.15) is 0 Å². The summed E-state index contributed by atoms with van der Waals surface area (Å²) < 4.78 is 24.7. The van der Waals surface area contributed by atoms with Crippen LogP contribution in [0.1, 0.15) is 15.9 Å². The van der Waals surface area contributed by atoms with Crippen molar-refractivity contribution < 1.29 is 18.7 Å². The van der Waals surface area contributed by atoms with Crippen molar-refractivity contribution in [1.29, 1.82) is 0 Å². The van der Waals surface area contributed by atoms with Gasteiger partial charge in [0.2, 0.25) is 0 Å². The van der Waals surface area contributed by atoms with Crippen LogP contribution in [-0.4, -0.2) is 42.0 Å². The molecule has 0 aliphatic heterocycles. The molecule has 3 nitrogen and oxygen atoms in total. The molecule has 0 saturated carbocycles. The zero-order valence-electron chi connectivity index (χ0n) is 9.87. The molecule has 0 radical (unpaired) electrons. The second-order valence-corrected chi connectivity index (χ2v) is 4.24. The lowest BCUT2D eigenvalue weighted by atomic mass is 10.1.